The van der Waals surface area contributed by atoms with Crippen molar-refractivity contribution in [3.05, 3.63) is 0 Å². The molecule has 18 heavy (non-hydrogen) atoms. The van der Waals surface area contributed by atoms with Crippen molar-refractivity contribution in [3.8, 4) is 0 Å². The van der Waals surface area contributed by atoms with Gasteiger partial charge in [-0.2, -0.15) is 4.44 Å². The van der Waals surface area contributed by atoms with Crippen molar-refractivity contribution in [1.82, 2.24) is 4.44 Å². The molecule has 110 valence electrons. The summed E-state index contributed by atoms with van der Waals surface area (Å²) in [6.07, 6.45) is 0. The molecule has 0 aromatic carbocycles. The fourth-order valence-electron chi connectivity index (χ4n) is 1.20. The third-order valence-corrected chi connectivity index (χ3v) is 10.5. The molecule has 5 nitrogen and oxygen atoms in total. The van der Waals surface area contributed by atoms with Crippen molar-refractivity contribution >= 4 is 36.9 Å². The van der Waals surface area contributed by atoms with Gasteiger partial charge >= 0.3 is 0 Å². The molecule has 0 radical (unpaired) electrons. The van der Waals surface area contributed by atoms with E-state index in [-0.39, 0.29) is 0 Å². The van der Waals surface area contributed by atoms with Gasteiger partial charge in [0.25, 0.3) is 13.3 Å². The lowest BCUT2D eigenvalue weighted by Gasteiger charge is -2.36. The Morgan fingerprint density at radius 3 is 1.11 bits per heavy atom. The third kappa shape index (κ3) is 5.23. The molecule has 0 aliphatic rings. The second-order valence-corrected chi connectivity index (χ2v) is 10.3. The van der Waals surface area contributed by atoms with E-state index in [4.69, 9.17) is 41.7 Å². The minimum Gasteiger partial charge on any atom is -0.318 e. The molecule has 0 aliphatic heterocycles. The number of hydrogen-bond acceptors (Lipinski definition) is 6. The zero-order valence-electron chi connectivity index (χ0n) is 11.6. The van der Waals surface area contributed by atoms with Crippen molar-refractivity contribution < 1.29 is 18.1 Å². The van der Waals surface area contributed by atoms with E-state index in [1.807, 2.05) is 27.7 Å². The molecule has 0 aliphatic carbocycles. The standard InChI is InChI=1S/C9H23NO4P2S2/c1-6-11-15(17,12-7-2)10(5)16(18,13-8-3)14-9-4/h6-9H2,1-5H3. The van der Waals surface area contributed by atoms with E-state index in [9.17, 15) is 0 Å². The zero-order valence-corrected chi connectivity index (χ0v) is 15.0. The first kappa shape index (κ1) is 19.1. The van der Waals surface area contributed by atoms with Gasteiger partial charge in [0.05, 0.1) is 26.4 Å². The Bertz CT molecular complexity index is 280. The molecular formula is C9H23NO4P2S2. The summed E-state index contributed by atoms with van der Waals surface area (Å²) in [6, 6.07) is 0. The van der Waals surface area contributed by atoms with E-state index in [2.05, 4.69) is 0 Å². The monoisotopic (exact) mass is 335 g/mol. The van der Waals surface area contributed by atoms with Gasteiger partial charge in [-0.1, -0.05) is 0 Å². The molecule has 0 unspecified atom stereocenters. The predicted molar refractivity (Wildman–Crippen MR) is 82.8 cm³/mol. The molecular weight excluding hydrogens is 312 g/mol. The summed E-state index contributed by atoms with van der Waals surface area (Å²) in [5.74, 6) is 0. The Morgan fingerprint density at radius 2 is 0.944 bits per heavy atom. The maximum absolute atomic E-state index is 5.60. The number of rotatable bonds is 10. The maximum atomic E-state index is 5.60. The molecule has 0 fully saturated rings. The van der Waals surface area contributed by atoms with Crippen molar-refractivity contribution in [3.63, 3.8) is 0 Å². The molecule has 0 bridgehead atoms. The lowest BCUT2D eigenvalue weighted by molar-refractivity contribution is 0.213. The van der Waals surface area contributed by atoms with Gasteiger partial charge in [-0.25, -0.2) is 0 Å². The predicted octanol–water partition coefficient (Wildman–Crippen LogP) is 3.51. The van der Waals surface area contributed by atoms with E-state index < -0.39 is 13.3 Å². The lowest BCUT2D eigenvalue weighted by atomic mass is 10.9. The molecule has 0 aromatic heterocycles. The highest BCUT2D eigenvalue weighted by Crippen LogP contribution is 2.67. The van der Waals surface area contributed by atoms with Crippen molar-refractivity contribution in [2.75, 3.05) is 33.5 Å². The first-order chi connectivity index (χ1) is 8.40. The first-order valence-corrected chi connectivity index (χ1v) is 11.1. The fraction of sp³-hybridized carbons (Fsp3) is 1.00. The number of hydrogen-bond donors (Lipinski definition) is 0. The minimum atomic E-state index is -2.63. The van der Waals surface area contributed by atoms with Crippen LogP contribution in [0.15, 0.2) is 0 Å². The molecule has 0 N–H and O–H groups in total. The topological polar surface area (TPSA) is 40.2 Å². The van der Waals surface area contributed by atoms with Gasteiger partial charge in [0.2, 0.25) is 0 Å². The second kappa shape index (κ2) is 9.11. The highest BCUT2D eigenvalue weighted by Gasteiger charge is 2.37. The van der Waals surface area contributed by atoms with Crippen molar-refractivity contribution in [2.45, 2.75) is 27.7 Å². The van der Waals surface area contributed by atoms with Gasteiger partial charge in [0, 0.05) is 7.05 Å². The van der Waals surface area contributed by atoms with Crippen LogP contribution in [0, 0.1) is 0 Å². The SMILES string of the molecule is CCOP(=S)(OCC)N(C)P(=S)(OCC)OCC. The van der Waals surface area contributed by atoms with Gasteiger partial charge in [-0.05, 0) is 51.3 Å². The van der Waals surface area contributed by atoms with Crippen LogP contribution in [-0.4, -0.2) is 37.9 Å². The van der Waals surface area contributed by atoms with Crippen LogP contribution >= 0.6 is 13.3 Å². The molecule has 0 atom stereocenters. The lowest BCUT2D eigenvalue weighted by Crippen LogP contribution is -2.19. The summed E-state index contributed by atoms with van der Waals surface area (Å²) in [6.45, 7) is 4.11. The van der Waals surface area contributed by atoms with Crippen LogP contribution in [0.2, 0.25) is 0 Å². The van der Waals surface area contributed by atoms with Crippen LogP contribution in [-0.2, 0) is 41.7 Å². The molecule has 9 heteroatoms. The van der Waals surface area contributed by atoms with Gasteiger partial charge in [0.1, 0.15) is 0 Å². The second-order valence-electron chi connectivity index (χ2n) is 3.10. The van der Waals surface area contributed by atoms with E-state index in [0.717, 1.165) is 0 Å². The van der Waals surface area contributed by atoms with Gasteiger partial charge in [-0.15, -0.1) is 0 Å². The summed E-state index contributed by atoms with van der Waals surface area (Å²) in [5.41, 5.74) is 0. The van der Waals surface area contributed by atoms with Gasteiger partial charge in [-0.3, -0.25) is 0 Å². The van der Waals surface area contributed by atoms with E-state index in [1.165, 1.54) is 0 Å². The molecule has 0 spiro atoms. The number of nitrogens with zero attached hydrogens (tertiary/aromatic N) is 1. The highest BCUT2D eigenvalue weighted by atomic mass is 32.5. The molecule has 0 aromatic rings. The van der Waals surface area contributed by atoms with E-state index in [1.54, 1.807) is 11.5 Å². The fourth-order valence-corrected chi connectivity index (χ4v) is 8.42. The van der Waals surface area contributed by atoms with Crippen LogP contribution < -0.4 is 0 Å². The van der Waals surface area contributed by atoms with E-state index in [0.29, 0.717) is 26.4 Å². The van der Waals surface area contributed by atoms with Crippen LogP contribution in [0.3, 0.4) is 0 Å². The third-order valence-electron chi connectivity index (χ3n) is 1.88. The summed E-state index contributed by atoms with van der Waals surface area (Å²) in [4.78, 5) is 0. The minimum absolute atomic E-state index is 0.467. The Morgan fingerprint density at radius 1 is 0.722 bits per heavy atom. The Hall–Kier alpha value is 1.10. The maximum Gasteiger partial charge on any atom is 0.271 e. The average Bonchev–Trinajstić information content (AvgIpc) is 2.29. The van der Waals surface area contributed by atoms with Gasteiger partial charge < -0.3 is 18.1 Å². The summed E-state index contributed by atoms with van der Waals surface area (Å²) >= 11 is 11.0. The van der Waals surface area contributed by atoms with Crippen LogP contribution in [0.5, 0.6) is 0 Å². The van der Waals surface area contributed by atoms with Gasteiger partial charge in [0.15, 0.2) is 0 Å². The van der Waals surface area contributed by atoms with Crippen molar-refractivity contribution in [1.29, 1.82) is 0 Å². The summed E-state index contributed by atoms with van der Waals surface area (Å²) in [5, 5.41) is 0. The Kier molecular flexibility index (Phi) is 9.67. The van der Waals surface area contributed by atoms with E-state index >= 15 is 0 Å². The summed E-state index contributed by atoms with van der Waals surface area (Å²) < 4.78 is 24.1. The smallest absolute Gasteiger partial charge is 0.271 e. The average molecular weight is 335 g/mol. The zero-order chi connectivity index (χ0) is 14.2. The van der Waals surface area contributed by atoms with Crippen LogP contribution in [0.25, 0.3) is 0 Å². The molecule has 0 saturated carbocycles. The Labute approximate surface area is 121 Å². The molecule has 0 amide bonds. The summed E-state index contributed by atoms with van der Waals surface area (Å²) in [7, 11) is 1.76. The van der Waals surface area contributed by atoms with Crippen molar-refractivity contribution in [2.24, 2.45) is 0 Å². The normalized spacial score (nSPS) is 13.2. The first-order valence-electron chi connectivity index (χ1n) is 5.93. The Balaban J connectivity index is 5.18. The largest absolute Gasteiger partial charge is 0.318 e. The van der Waals surface area contributed by atoms with Crippen LogP contribution in [0.4, 0.5) is 0 Å². The van der Waals surface area contributed by atoms with Crippen LogP contribution in [0.1, 0.15) is 27.7 Å². The quantitative estimate of drug-likeness (QED) is 0.566. The molecule has 0 heterocycles. The molecule has 0 saturated heterocycles. The molecule has 0 rings (SSSR count). The highest BCUT2D eigenvalue weighted by molar-refractivity contribution is 8.17.